The van der Waals surface area contributed by atoms with Crippen LogP contribution in [0.3, 0.4) is 0 Å². The van der Waals surface area contributed by atoms with Crippen molar-refractivity contribution >= 4 is 27.4 Å². The highest BCUT2D eigenvalue weighted by molar-refractivity contribution is 7.16. The molecule has 0 aliphatic heterocycles. The first-order valence-electron chi connectivity index (χ1n) is 6.81. The SMILES string of the molecule is COCCN(Cc1nc(N)c2ccsc2n1)CC(C)C. The summed E-state index contributed by atoms with van der Waals surface area (Å²) in [7, 11) is 1.72. The van der Waals surface area contributed by atoms with Crippen LogP contribution in [0.2, 0.25) is 0 Å². The van der Waals surface area contributed by atoms with Crippen molar-refractivity contribution < 1.29 is 4.74 Å². The lowest BCUT2D eigenvalue weighted by molar-refractivity contribution is 0.134. The zero-order valence-electron chi connectivity index (χ0n) is 12.3. The summed E-state index contributed by atoms with van der Waals surface area (Å²) < 4.78 is 5.17. The van der Waals surface area contributed by atoms with Crippen molar-refractivity contribution in [1.29, 1.82) is 0 Å². The molecule has 0 bridgehead atoms. The lowest BCUT2D eigenvalue weighted by Gasteiger charge is -2.23. The minimum absolute atomic E-state index is 0.572. The molecule has 2 heterocycles. The van der Waals surface area contributed by atoms with Crippen LogP contribution in [0.1, 0.15) is 19.7 Å². The normalized spacial score (nSPS) is 11.8. The first-order chi connectivity index (χ1) is 9.60. The highest BCUT2D eigenvalue weighted by Gasteiger charge is 2.12. The third kappa shape index (κ3) is 3.88. The smallest absolute Gasteiger partial charge is 0.146 e. The molecule has 0 spiro atoms. The number of nitrogens with zero attached hydrogens (tertiary/aromatic N) is 3. The van der Waals surface area contributed by atoms with Crippen LogP contribution in [0.4, 0.5) is 5.82 Å². The fraction of sp³-hybridized carbons (Fsp3) is 0.571. The number of methoxy groups -OCH3 is 1. The molecule has 6 heteroatoms. The molecule has 20 heavy (non-hydrogen) atoms. The molecule has 0 saturated carbocycles. The average molecular weight is 294 g/mol. The number of ether oxygens (including phenoxy) is 1. The second-order valence-electron chi connectivity index (χ2n) is 5.29. The third-order valence-electron chi connectivity index (χ3n) is 3.00. The summed E-state index contributed by atoms with van der Waals surface area (Å²) in [4.78, 5) is 12.3. The minimum atomic E-state index is 0.572. The molecule has 2 aromatic heterocycles. The summed E-state index contributed by atoms with van der Waals surface area (Å²) in [5.41, 5.74) is 5.99. The molecule has 0 aromatic carbocycles. The minimum Gasteiger partial charge on any atom is -0.383 e. The van der Waals surface area contributed by atoms with Gasteiger partial charge in [0.2, 0.25) is 0 Å². The highest BCUT2D eigenvalue weighted by Crippen LogP contribution is 2.23. The van der Waals surface area contributed by atoms with Crippen molar-refractivity contribution in [3.8, 4) is 0 Å². The molecule has 0 atom stereocenters. The van der Waals surface area contributed by atoms with E-state index in [1.165, 1.54) is 0 Å². The number of aromatic nitrogens is 2. The quantitative estimate of drug-likeness (QED) is 0.849. The largest absolute Gasteiger partial charge is 0.383 e. The summed E-state index contributed by atoms with van der Waals surface area (Å²) in [6, 6.07) is 1.97. The Labute approximate surface area is 123 Å². The van der Waals surface area contributed by atoms with Gasteiger partial charge in [-0.1, -0.05) is 13.8 Å². The molecule has 2 N–H and O–H groups in total. The summed E-state index contributed by atoms with van der Waals surface area (Å²) in [5, 5.41) is 2.95. The fourth-order valence-corrected chi connectivity index (χ4v) is 2.96. The Kier molecular flexibility index (Phi) is 5.28. The monoisotopic (exact) mass is 294 g/mol. The lowest BCUT2D eigenvalue weighted by Crippen LogP contribution is -2.31. The molecule has 110 valence electrons. The predicted octanol–water partition coefficient (Wildman–Crippen LogP) is 2.38. The number of fused-ring (bicyclic) bond motifs is 1. The number of anilines is 1. The van der Waals surface area contributed by atoms with Crippen LogP contribution in [-0.2, 0) is 11.3 Å². The first-order valence-corrected chi connectivity index (χ1v) is 7.69. The van der Waals surface area contributed by atoms with Gasteiger partial charge < -0.3 is 10.5 Å². The van der Waals surface area contributed by atoms with Crippen LogP contribution < -0.4 is 5.73 Å². The zero-order chi connectivity index (χ0) is 14.5. The fourth-order valence-electron chi connectivity index (χ4n) is 2.17. The number of nitrogens with two attached hydrogens (primary N) is 1. The van der Waals surface area contributed by atoms with E-state index in [0.717, 1.165) is 29.1 Å². The van der Waals surface area contributed by atoms with Gasteiger partial charge in [-0.05, 0) is 17.4 Å². The number of nitrogen functional groups attached to an aromatic ring is 1. The van der Waals surface area contributed by atoms with Crippen LogP contribution in [0.15, 0.2) is 11.4 Å². The standard InChI is InChI=1S/C14H22N4OS/c1-10(2)8-18(5-6-19-3)9-12-16-13(15)11-4-7-20-14(11)17-12/h4,7,10H,5-6,8-9H2,1-3H3,(H2,15,16,17). The van der Waals surface area contributed by atoms with Crippen molar-refractivity contribution in [1.82, 2.24) is 14.9 Å². The Morgan fingerprint density at radius 3 is 2.90 bits per heavy atom. The highest BCUT2D eigenvalue weighted by atomic mass is 32.1. The molecule has 0 aliphatic carbocycles. The van der Waals surface area contributed by atoms with Crippen LogP contribution in [0.5, 0.6) is 0 Å². The topological polar surface area (TPSA) is 64.3 Å². The van der Waals surface area contributed by atoms with Gasteiger partial charge in [0.1, 0.15) is 16.5 Å². The number of hydrogen-bond acceptors (Lipinski definition) is 6. The molecule has 0 saturated heterocycles. The van der Waals surface area contributed by atoms with E-state index < -0.39 is 0 Å². The molecule has 0 radical (unpaired) electrons. The van der Waals surface area contributed by atoms with Crippen LogP contribution in [-0.4, -0.2) is 41.7 Å². The summed E-state index contributed by atoms with van der Waals surface area (Å²) >= 11 is 1.60. The third-order valence-corrected chi connectivity index (χ3v) is 3.81. The van der Waals surface area contributed by atoms with Crippen LogP contribution >= 0.6 is 11.3 Å². The van der Waals surface area contributed by atoms with Gasteiger partial charge in [0.25, 0.3) is 0 Å². The van der Waals surface area contributed by atoms with E-state index in [0.29, 0.717) is 24.9 Å². The van der Waals surface area contributed by atoms with Gasteiger partial charge in [-0.15, -0.1) is 11.3 Å². The summed E-state index contributed by atoms with van der Waals surface area (Å²) in [6.45, 7) is 7.70. The van der Waals surface area contributed by atoms with Crippen molar-refractivity contribution in [2.45, 2.75) is 20.4 Å². The van der Waals surface area contributed by atoms with Crippen LogP contribution in [0, 0.1) is 5.92 Å². The van der Waals surface area contributed by atoms with Crippen LogP contribution in [0.25, 0.3) is 10.2 Å². The van der Waals surface area contributed by atoms with E-state index in [1.54, 1.807) is 18.4 Å². The maximum absolute atomic E-state index is 5.99. The van der Waals surface area contributed by atoms with Gasteiger partial charge in [0, 0.05) is 20.2 Å². The van der Waals surface area contributed by atoms with Gasteiger partial charge in [0.05, 0.1) is 18.5 Å². The molecule has 0 unspecified atom stereocenters. The second-order valence-corrected chi connectivity index (χ2v) is 6.18. The maximum Gasteiger partial charge on any atom is 0.146 e. The van der Waals surface area contributed by atoms with E-state index in [4.69, 9.17) is 10.5 Å². The van der Waals surface area contributed by atoms with Gasteiger partial charge >= 0.3 is 0 Å². The predicted molar refractivity (Wildman–Crippen MR) is 83.8 cm³/mol. The molecule has 2 rings (SSSR count). The van der Waals surface area contributed by atoms with E-state index in [2.05, 4.69) is 28.7 Å². The summed E-state index contributed by atoms with van der Waals surface area (Å²) in [6.07, 6.45) is 0. The van der Waals surface area contributed by atoms with E-state index in [9.17, 15) is 0 Å². The molecule has 0 aliphatic rings. The number of thiophene rings is 1. The van der Waals surface area contributed by atoms with E-state index in [1.807, 2.05) is 11.4 Å². The van der Waals surface area contributed by atoms with Crippen molar-refractivity contribution in [3.05, 3.63) is 17.3 Å². The summed E-state index contributed by atoms with van der Waals surface area (Å²) in [5.74, 6) is 1.95. The molecule has 5 nitrogen and oxygen atoms in total. The number of rotatable bonds is 7. The molecule has 2 aromatic rings. The lowest BCUT2D eigenvalue weighted by atomic mass is 10.2. The van der Waals surface area contributed by atoms with Gasteiger partial charge in [0.15, 0.2) is 0 Å². The zero-order valence-corrected chi connectivity index (χ0v) is 13.1. The molecule has 0 fully saturated rings. The number of hydrogen-bond donors (Lipinski definition) is 1. The first kappa shape index (κ1) is 15.2. The Morgan fingerprint density at radius 2 is 2.20 bits per heavy atom. The maximum atomic E-state index is 5.99. The van der Waals surface area contributed by atoms with Crippen molar-refractivity contribution in [2.24, 2.45) is 5.92 Å². The Morgan fingerprint density at radius 1 is 1.40 bits per heavy atom. The molecular weight excluding hydrogens is 272 g/mol. The Balaban J connectivity index is 2.14. The molecular formula is C14H22N4OS. The van der Waals surface area contributed by atoms with Gasteiger partial charge in [-0.25, -0.2) is 9.97 Å². The van der Waals surface area contributed by atoms with Gasteiger partial charge in [-0.2, -0.15) is 0 Å². The van der Waals surface area contributed by atoms with E-state index in [-0.39, 0.29) is 0 Å². The van der Waals surface area contributed by atoms with Crippen molar-refractivity contribution in [2.75, 3.05) is 32.5 Å². The average Bonchev–Trinajstić information content (AvgIpc) is 2.84. The van der Waals surface area contributed by atoms with Crippen molar-refractivity contribution in [3.63, 3.8) is 0 Å². The molecule has 0 amide bonds. The van der Waals surface area contributed by atoms with Gasteiger partial charge in [-0.3, -0.25) is 4.90 Å². The second kappa shape index (κ2) is 6.97. The van der Waals surface area contributed by atoms with E-state index >= 15 is 0 Å². The Bertz CT molecular complexity index is 555. The Hall–Kier alpha value is -1.24.